The Morgan fingerprint density at radius 3 is 0.958 bits per heavy atom. The van der Waals surface area contributed by atoms with Gasteiger partial charge in [0.15, 0.2) is 0 Å². The van der Waals surface area contributed by atoms with Crippen LogP contribution in [0.5, 0.6) is 0 Å². The molecule has 0 atom stereocenters. The molecule has 0 radical (unpaired) electrons. The molecular weight excluding hydrogens is 2190 g/mol. The van der Waals surface area contributed by atoms with Crippen LogP contribution in [0.15, 0.2) is 395 Å². The molecule has 9 nitrogen and oxygen atoms in total. The molecule has 0 amide bonds. The summed E-state index contributed by atoms with van der Waals surface area (Å²) in [4.78, 5) is 29.3. The van der Waals surface area contributed by atoms with E-state index in [-0.39, 0.29) is 86.0 Å². The van der Waals surface area contributed by atoms with Gasteiger partial charge in [-0.25, -0.2) is 0 Å². The molecule has 0 bridgehead atoms. The van der Waals surface area contributed by atoms with Gasteiger partial charge in [0, 0.05) is 0 Å². The van der Waals surface area contributed by atoms with Crippen molar-refractivity contribution < 1.29 is 61.3 Å². The van der Waals surface area contributed by atoms with E-state index in [0.29, 0.717) is 0 Å². The van der Waals surface area contributed by atoms with Crippen LogP contribution in [0.3, 0.4) is 0 Å². The Bertz CT molecular complexity index is 8340. The summed E-state index contributed by atoms with van der Waals surface area (Å²) in [5, 5.41) is 7.19. The number of para-hydroxylation sites is 3. The van der Waals surface area contributed by atoms with E-state index >= 15 is 0 Å². The summed E-state index contributed by atoms with van der Waals surface area (Å²) in [7, 11) is 0. The van der Waals surface area contributed by atoms with Crippen LogP contribution >= 0.6 is 0 Å². The van der Waals surface area contributed by atoms with Crippen molar-refractivity contribution >= 4 is 150 Å². The van der Waals surface area contributed by atoms with E-state index in [2.05, 4.69) is 447 Å². The third-order valence-corrected chi connectivity index (χ3v) is 62.6. The molecule has 22 aromatic rings. The van der Waals surface area contributed by atoms with Gasteiger partial charge in [0.1, 0.15) is 0 Å². The molecule has 9 aromatic heterocycles. The van der Waals surface area contributed by atoms with Crippen molar-refractivity contribution in [1.82, 2.24) is 43.6 Å². The molecule has 0 unspecified atom stereocenters. The quantitative estimate of drug-likeness (QED) is 0.0894. The molecule has 0 N–H and O–H groups in total. The number of benzene rings is 13. The van der Waals surface area contributed by atoms with Crippen molar-refractivity contribution in [2.45, 2.75) is 122 Å². The van der Waals surface area contributed by atoms with Crippen molar-refractivity contribution in [1.29, 1.82) is 0 Å². The molecule has 2 aliphatic rings. The molecule has 13 aromatic carbocycles. The van der Waals surface area contributed by atoms with Crippen LogP contribution in [0.2, 0.25) is 8.49 Å². The van der Waals surface area contributed by atoms with Crippen LogP contribution in [-0.2, 0) is 77.5 Å². The number of nitrogens with zero attached hydrogens (tertiary/aromatic N) is 9. The number of fused-ring (bicyclic) bond motifs is 14. The van der Waals surface area contributed by atoms with Crippen LogP contribution < -0.4 is 44.4 Å². The molecule has 24 rings (SSSR count). The van der Waals surface area contributed by atoms with Crippen LogP contribution in [0.1, 0.15) is 119 Å². The summed E-state index contributed by atoms with van der Waals surface area (Å²) in [6.07, 6.45) is 11.4. The van der Waals surface area contributed by atoms with E-state index in [0.717, 1.165) is 83.9 Å². The van der Waals surface area contributed by atoms with Crippen molar-refractivity contribution in [2.24, 2.45) is 0 Å². The molecule has 0 saturated heterocycles. The fraction of sp³-hybridized carbons (Fsp3) is 0.150. The average Bonchev–Trinajstić information content (AvgIpc) is 1.43. The van der Waals surface area contributed by atoms with E-state index in [1.54, 1.807) is 0 Å². The first-order chi connectivity index (χ1) is 67.3. The van der Waals surface area contributed by atoms with Crippen molar-refractivity contribution in [3.8, 4) is 62.0 Å². The minimum Gasteiger partial charge on any atom is 2.00 e. The van der Waals surface area contributed by atoms with Gasteiger partial charge in [0.25, 0.3) is 0 Å². The standard InChI is InChI=1S/C48H41GeN3.C43H31GeN3.C36H35GeN3.3Pd/c1-47(2,3)33-20-24-41-39(29-33)40-30-34(48(4,5)6)21-25-42(40)49(41,46-19-10-12-27-51-46)35-22-23-38-37-16-7-8-18-44(37)52(45(38)31-35)36-15-13-14-32(28-36)43-17-9-11-26-50-43;1-43(2)35-17-4-6-19-37(35)44(42-23-10-12-27-46-42,38-20-7-5-18-36(38)43)31-24-25-34-33-16-3-8-22-40(33)47(41(34)29-31)32-15-13-14-30(28-32)39-21-9-11-26-45-39;1-35(2,3)37(36(4,5)6,34-19-10-12-23-39-34)27-20-21-30-29-16-7-8-18-32(29)40(33(30)25-27)28-15-13-14-26(24-28)31-17-9-11-22-38-31;;;/h7-27,29-30H,1-6H3;3-27H,1-2H3;7-23H,1-6H3;;;/q3*-2;3*+2. The molecule has 0 spiro atoms. The SMILES string of the molecule is CC(C)(C)c1cc[c]2c(c1)-c1cc(C(C)(C)C)cc[c]1[Ge]2([c]1[c-]c2c(cc1)c1ccccc1n2-c1[c-]c(-c2ccccn2)ccc1)[c]1ccccn1.CC1(C)c2cccc[c]2[Ge]([c]2[c-]c3c(cc2)c2ccccc2n3-c2[c-]c(-c3ccccn3)ccc2)([c]2ccccn2)[c]2ccccc21.C[C](C)(C)[Ge]([c]1[c-]c2c(cc1)c1ccccc1n2-c1[c-]c(-c2ccccn2)ccc1)([c]1ccccn1)[C](C)(C)C.[Pd+2].[Pd+2].[Pd+2]. The van der Waals surface area contributed by atoms with Crippen LogP contribution in [0.25, 0.3) is 127 Å². The number of hydrogen-bond acceptors (Lipinski definition) is 6. The fourth-order valence-electron chi connectivity index (χ4n) is 23.1. The summed E-state index contributed by atoms with van der Waals surface area (Å²) in [5.74, 6) is 0. The van der Waals surface area contributed by atoms with Gasteiger partial charge in [-0.3, -0.25) is 0 Å². The van der Waals surface area contributed by atoms with Gasteiger partial charge >= 0.3 is 892 Å². The molecule has 0 aliphatic carbocycles. The topological polar surface area (TPSA) is 92.1 Å². The van der Waals surface area contributed by atoms with Crippen LogP contribution in [0.4, 0.5) is 0 Å². The molecule has 0 fully saturated rings. The summed E-state index contributed by atoms with van der Waals surface area (Å²) >= 11 is -10.7. The molecule has 142 heavy (non-hydrogen) atoms. The molecule has 2 aliphatic heterocycles. The Labute approximate surface area is 883 Å². The maximum absolute atomic E-state index is 5.24. The van der Waals surface area contributed by atoms with Crippen molar-refractivity contribution in [3.05, 3.63) is 454 Å². The fourth-order valence-corrected chi connectivity index (χ4v) is 58.8. The molecule has 702 valence electrons. The van der Waals surface area contributed by atoms with Gasteiger partial charge in [0.05, 0.1) is 0 Å². The zero-order valence-corrected chi connectivity index (χ0v) is 93.0. The van der Waals surface area contributed by atoms with E-state index < -0.39 is 39.8 Å². The van der Waals surface area contributed by atoms with E-state index in [1.807, 2.05) is 110 Å². The Balaban J connectivity index is 0.000000135. The van der Waals surface area contributed by atoms with Gasteiger partial charge in [-0.1, -0.05) is 0 Å². The third kappa shape index (κ3) is 16.6. The third-order valence-electron chi connectivity index (χ3n) is 29.1. The number of rotatable bonds is 12. The average molecular weight is 2300 g/mol. The van der Waals surface area contributed by atoms with E-state index in [4.69, 9.17) is 15.0 Å². The second kappa shape index (κ2) is 38.8. The van der Waals surface area contributed by atoms with Gasteiger partial charge < -0.3 is 0 Å². The Hall–Kier alpha value is -12.2. The minimum atomic E-state index is -3.73. The molecule has 0 saturated carbocycles. The number of pyridine rings is 6. The van der Waals surface area contributed by atoms with E-state index in [9.17, 15) is 0 Å². The predicted molar refractivity (Wildman–Crippen MR) is 585 cm³/mol. The van der Waals surface area contributed by atoms with Gasteiger partial charge in [0.2, 0.25) is 0 Å². The molecule has 15 heteroatoms. The molecular formula is C127H107Ge3N9Pd3. The maximum Gasteiger partial charge on any atom is 2.00 e. The Kier molecular flexibility index (Phi) is 26.9. The number of aromatic nitrogens is 9. The van der Waals surface area contributed by atoms with Gasteiger partial charge in [-0.05, 0) is 0 Å². The Morgan fingerprint density at radius 2 is 0.606 bits per heavy atom. The first kappa shape index (κ1) is 98.5. The van der Waals surface area contributed by atoms with Crippen molar-refractivity contribution in [3.63, 3.8) is 0 Å². The first-order valence-corrected chi connectivity index (χ1v) is 60.8. The normalized spacial score (nSPS) is 13.4. The number of hydrogen-bond donors (Lipinski definition) is 0. The second-order valence-electron chi connectivity index (χ2n) is 41.6. The Morgan fingerprint density at radius 1 is 0.275 bits per heavy atom. The maximum atomic E-state index is 5.24. The summed E-state index contributed by atoms with van der Waals surface area (Å²) < 4.78 is 20.2. The monoisotopic (exact) mass is 2300 g/mol. The predicted octanol–water partition coefficient (Wildman–Crippen LogP) is 23.6. The zero-order chi connectivity index (χ0) is 95.5. The smallest absolute Gasteiger partial charge is 2.00 e. The summed E-state index contributed by atoms with van der Waals surface area (Å²) in [5.41, 5.74) is 23.3. The van der Waals surface area contributed by atoms with Crippen molar-refractivity contribution in [2.75, 3.05) is 0 Å². The summed E-state index contributed by atoms with van der Waals surface area (Å²) in [6, 6.07) is 153. The van der Waals surface area contributed by atoms with Gasteiger partial charge in [-0.2, -0.15) is 0 Å². The summed E-state index contributed by atoms with van der Waals surface area (Å²) in [6.45, 7) is 33.0. The minimum absolute atomic E-state index is 0. The first-order valence-electron chi connectivity index (χ1n) is 48.2. The molecule has 11 heterocycles. The largest absolute Gasteiger partial charge is 2.00 e. The van der Waals surface area contributed by atoms with Crippen LogP contribution in [-0.4, -0.2) is 83.4 Å². The van der Waals surface area contributed by atoms with Crippen LogP contribution in [0, 0.1) is 36.4 Å². The second-order valence-corrected chi connectivity index (χ2v) is 68.5. The van der Waals surface area contributed by atoms with E-state index in [1.165, 1.54) is 110 Å². The zero-order valence-electron chi connectivity index (χ0n) is 82.0. The van der Waals surface area contributed by atoms with Gasteiger partial charge in [-0.15, -0.1) is 0 Å².